The van der Waals surface area contributed by atoms with Crippen LogP contribution in [0.3, 0.4) is 0 Å². The lowest BCUT2D eigenvalue weighted by molar-refractivity contribution is -0.140. The molecule has 1 aliphatic heterocycles. The summed E-state index contributed by atoms with van der Waals surface area (Å²) >= 11 is 0.808. The number of carbonyl (C=O) groups excluding carboxylic acids is 2. The highest BCUT2D eigenvalue weighted by atomic mass is 32.1. The fraction of sp³-hybridized carbons (Fsp3) is 0.406. The largest absolute Gasteiger partial charge is 0.462 e. The Morgan fingerprint density at radius 2 is 1.91 bits per heavy atom. The molecule has 1 aromatic carbocycles. The Labute approximate surface area is 260 Å². The van der Waals surface area contributed by atoms with Crippen LogP contribution in [-0.4, -0.2) is 57.8 Å². The van der Waals surface area contributed by atoms with Crippen LogP contribution in [0.4, 0.5) is 13.2 Å². The molecule has 3 aromatic heterocycles. The maximum absolute atomic E-state index is 13.8. The molecule has 1 fully saturated rings. The number of aliphatic hydroxyl groups is 1. The molecular formula is C32H32F3N3O6S. The molecule has 45 heavy (non-hydrogen) atoms. The number of ether oxygens (including phenoxy) is 2. The number of thiazole rings is 1. The zero-order chi connectivity index (χ0) is 32.4. The first-order valence-corrected chi connectivity index (χ1v) is 15.5. The maximum Gasteiger partial charge on any atom is 0.434 e. The number of aromatic nitrogens is 3. The lowest BCUT2D eigenvalue weighted by Crippen LogP contribution is -2.44. The summed E-state index contributed by atoms with van der Waals surface area (Å²) < 4.78 is 52.9. The fourth-order valence-electron chi connectivity index (χ4n) is 5.57. The van der Waals surface area contributed by atoms with Gasteiger partial charge in [-0.3, -0.25) is 14.6 Å². The number of esters is 1. The highest BCUT2D eigenvalue weighted by Gasteiger charge is 2.36. The van der Waals surface area contributed by atoms with Crippen LogP contribution in [0.2, 0.25) is 0 Å². The molecule has 0 bridgehead atoms. The summed E-state index contributed by atoms with van der Waals surface area (Å²) in [4.78, 5) is 47.4. The van der Waals surface area contributed by atoms with Gasteiger partial charge in [-0.15, -0.1) is 11.3 Å². The van der Waals surface area contributed by atoms with E-state index in [1.54, 1.807) is 35.8 Å². The van der Waals surface area contributed by atoms with Crippen molar-refractivity contribution in [2.45, 2.75) is 57.7 Å². The van der Waals surface area contributed by atoms with Crippen LogP contribution in [0.5, 0.6) is 0 Å². The Kier molecular flexibility index (Phi) is 9.52. The number of nitrogens with zero attached hydrogens (tertiary/aromatic N) is 3. The zero-order valence-electron chi connectivity index (χ0n) is 24.8. The van der Waals surface area contributed by atoms with Gasteiger partial charge in [-0.2, -0.15) is 13.2 Å². The first-order chi connectivity index (χ1) is 21.5. The smallest absolute Gasteiger partial charge is 0.434 e. The Morgan fingerprint density at radius 1 is 1.16 bits per heavy atom. The number of alkyl halides is 3. The van der Waals surface area contributed by atoms with E-state index >= 15 is 0 Å². The van der Waals surface area contributed by atoms with E-state index in [4.69, 9.17) is 9.47 Å². The van der Waals surface area contributed by atoms with Crippen molar-refractivity contribution in [3.8, 4) is 21.7 Å². The molecule has 238 valence electrons. The quantitative estimate of drug-likeness (QED) is 0.216. The lowest BCUT2D eigenvalue weighted by atomic mass is 9.89. The number of pyridine rings is 2. The van der Waals surface area contributed by atoms with Crippen molar-refractivity contribution >= 4 is 34.0 Å². The number of rotatable bonds is 10. The average molecular weight is 644 g/mol. The van der Waals surface area contributed by atoms with Crippen molar-refractivity contribution < 1.29 is 37.3 Å². The van der Waals surface area contributed by atoms with E-state index in [0.29, 0.717) is 66.8 Å². The number of halogens is 3. The van der Waals surface area contributed by atoms with Crippen molar-refractivity contribution in [3.63, 3.8) is 0 Å². The van der Waals surface area contributed by atoms with Gasteiger partial charge in [0.2, 0.25) is 5.43 Å². The third-order valence-electron chi connectivity index (χ3n) is 7.93. The number of aliphatic hydroxyl groups excluding tert-OH is 1. The highest BCUT2D eigenvalue weighted by molar-refractivity contribution is 7.13. The Morgan fingerprint density at radius 3 is 2.56 bits per heavy atom. The zero-order valence-corrected chi connectivity index (χ0v) is 25.6. The Bertz CT molecular complexity index is 1790. The average Bonchev–Trinajstić information content (AvgIpc) is 3.53. The number of fused-ring (bicyclic) bond motifs is 1. The third kappa shape index (κ3) is 6.56. The number of carbonyl (C=O) groups is 2. The number of ketones is 1. The predicted molar refractivity (Wildman–Crippen MR) is 162 cm³/mol. The second kappa shape index (κ2) is 13.2. The van der Waals surface area contributed by atoms with Gasteiger partial charge in [0.1, 0.15) is 16.4 Å². The topological polar surface area (TPSA) is 121 Å². The van der Waals surface area contributed by atoms with E-state index in [9.17, 15) is 32.7 Å². The molecule has 13 heteroatoms. The lowest BCUT2D eigenvalue weighted by Gasteiger charge is -2.39. The van der Waals surface area contributed by atoms with Crippen LogP contribution >= 0.6 is 11.3 Å². The molecule has 5 rings (SSSR count). The summed E-state index contributed by atoms with van der Waals surface area (Å²) in [6.07, 6.45) is 0.109. The summed E-state index contributed by atoms with van der Waals surface area (Å²) in [6, 6.07) is 6.50. The summed E-state index contributed by atoms with van der Waals surface area (Å²) in [7, 11) is 0. The van der Waals surface area contributed by atoms with Gasteiger partial charge in [0.05, 0.1) is 24.3 Å². The summed E-state index contributed by atoms with van der Waals surface area (Å²) in [6.45, 7) is 4.02. The molecule has 4 aromatic rings. The molecule has 0 amide bonds. The van der Waals surface area contributed by atoms with Gasteiger partial charge < -0.3 is 19.1 Å². The Balaban J connectivity index is 1.73. The Hall–Kier alpha value is -3.94. The molecule has 1 saturated heterocycles. The minimum atomic E-state index is -4.65. The molecule has 0 saturated carbocycles. The van der Waals surface area contributed by atoms with Crippen molar-refractivity contribution in [1.82, 2.24) is 14.5 Å². The molecular weight excluding hydrogens is 611 g/mol. The van der Waals surface area contributed by atoms with E-state index in [1.165, 1.54) is 12.4 Å². The fourth-order valence-corrected chi connectivity index (χ4v) is 6.43. The first kappa shape index (κ1) is 32.5. The van der Waals surface area contributed by atoms with Gasteiger partial charge in [-0.25, -0.2) is 9.78 Å². The van der Waals surface area contributed by atoms with E-state index < -0.39 is 28.8 Å². The molecule has 0 aliphatic carbocycles. The minimum absolute atomic E-state index is 0.0108. The van der Waals surface area contributed by atoms with Crippen molar-refractivity contribution in [2.75, 3.05) is 26.4 Å². The van der Waals surface area contributed by atoms with Crippen molar-refractivity contribution in [1.29, 1.82) is 0 Å². The number of benzene rings is 1. The second-order valence-corrected chi connectivity index (χ2v) is 11.8. The van der Waals surface area contributed by atoms with Crippen LogP contribution in [0.25, 0.3) is 32.6 Å². The van der Waals surface area contributed by atoms with Crippen LogP contribution in [0.1, 0.15) is 61.3 Å². The maximum atomic E-state index is 13.8. The minimum Gasteiger partial charge on any atom is -0.462 e. The van der Waals surface area contributed by atoms with Crippen LogP contribution in [0, 0.1) is 0 Å². The van der Waals surface area contributed by atoms with Gasteiger partial charge in [0, 0.05) is 66.0 Å². The van der Waals surface area contributed by atoms with Gasteiger partial charge >= 0.3 is 12.1 Å². The van der Waals surface area contributed by atoms with E-state index in [2.05, 4.69) is 9.97 Å². The van der Waals surface area contributed by atoms with E-state index in [1.807, 2.05) is 6.92 Å². The van der Waals surface area contributed by atoms with E-state index in [-0.39, 0.29) is 41.4 Å². The molecule has 0 unspecified atom stereocenters. The van der Waals surface area contributed by atoms with Crippen molar-refractivity contribution in [2.24, 2.45) is 0 Å². The monoisotopic (exact) mass is 643 g/mol. The summed E-state index contributed by atoms with van der Waals surface area (Å²) in [5.41, 5.74) is -0.697. The molecule has 0 atom stereocenters. The molecule has 9 nitrogen and oxygen atoms in total. The SMILES string of the molecule is CCCC(=O)Cc1cc(-c2nc(C(F)(F)F)cs2)c(-c2ccc3c(c2)c(=O)c(C(=O)OCC)cn3C2(CO)CCOCC2)cn1. The second-order valence-electron chi connectivity index (χ2n) is 10.9. The number of hydrogen-bond donors (Lipinski definition) is 1. The van der Waals surface area contributed by atoms with Gasteiger partial charge in [0.25, 0.3) is 0 Å². The number of hydrogen-bond acceptors (Lipinski definition) is 9. The first-order valence-electron chi connectivity index (χ1n) is 14.6. The standard InChI is InChI=1S/C32H32F3N3O6S/c1-3-5-21(40)13-20-14-22(29-37-27(17-45-29)32(33,34)35)24(15-36-20)19-6-7-26-23(12-19)28(41)25(30(42)44-4-2)16-38(26)31(18-39)8-10-43-11-9-31/h6-7,12,14-17,39H,3-5,8-11,13,18H2,1-2H3. The van der Waals surface area contributed by atoms with Crippen LogP contribution < -0.4 is 5.43 Å². The molecule has 4 heterocycles. The van der Waals surface area contributed by atoms with Gasteiger partial charge in [-0.1, -0.05) is 13.0 Å². The van der Waals surface area contributed by atoms with Crippen molar-refractivity contribution in [3.05, 3.63) is 69.2 Å². The number of Topliss-reactive ketones (excluding diaryl/α,β-unsaturated/α-hetero) is 1. The van der Waals surface area contributed by atoms with E-state index in [0.717, 1.165) is 16.7 Å². The predicted octanol–water partition coefficient (Wildman–Crippen LogP) is 5.79. The normalized spacial score (nSPS) is 14.9. The molecule has 1 aliphatic rings. The van der Waals surface area contributed by atoms with Crippen LogP contribution in [-0.2, 0) is 32.4 Å². The third-order valence-corrected chi connectivity index (χ3v) is 8.81. The molecule has 0 spiro atoms. The summed E-state index contributed by atoms with van der Waals surface area (Å²) in [5, 5.41) is 11.7. The van der Waals surface area contributed by atoms with Gasteiger partial charge in [-0.05, 0) is 49.9 Å². The highest BCUT2D eigenvalue weighted by Crippen LogP contribution is 2.39. The molecule has 1 N–H and O–H groups in total. The van der Waals surface area contributed by atoms with Crippen LogP contribution in [0.15, 0.2) is 46.8 Å². The van der Waals surface area contributed by atoms with Gasteiger partial charge in [0.15, 0.2) is 5.69 Å². The molecule has 0 radical (unpaired) electrons. The summed E-state index contributed by atoms with van der Waals surface area (Å²) in [5.74, 6) is -0.864.